The smallest absolute Gasteiger partial charge is 0.264 e. The third-order valence-corrected chi connectivity index (χ3v) is 4.91. The molecule has 0 aliphatic heterocycles. The van der Waals surface area contributed by atoms with E-state index in [0.29, 0.717) is 11.4 Å². The summed E-state index contributed by atoms with van der Waals surface area (Å²) in [6.07, 6.45) is 3.15. The summed E-state index contributed by atoms with van der Waals surface area (Å²) < 4.78 is 14.1. The SMILES string of the molecule is O=C(c1cc2cc(F)ccc2s1)N(CCO)C1CCC1. The number of hydrogen-bond donors (Lipinski definition) is 1. The van der Waals surface area contributed by atoms with Crippen molar-refractivity contribution in [2.75, 3.05) is 13.2 Å². The molecule has 0 unspecified atom stereocenters. The van der Waals surface area contributed by atoms with Gasteiger partial charge in [0.2, 0.25) is 0 Å². The van der Waals surface area contributed by atoms with Crippen LogP contribution in [0.1, 0.15) is 28.9 Å². The predicted molar refractivity (Wildman–Crippen MR) is 77.5 cm³/mol. The van der Waals surface area contributed by atoms with Gasteiger partial charge in [-0.25, -0.2) is 4.39 Å². The highest BCUT2D eigenvalue weighted by molar-refractivity contribution is 7.20. The number of nitrogens with zero attached hydrogens (tertiary/aromatic N) is 1. The van der Waals surface area contributed by atoms with Gasteiger partial charge in [0.1, 0.15) is 5.82 Å². The van der Waals surface area contributed by atoms with Crippen LogP contribution in [0.3, 0.4) is 0 Å². The van der Waals surface area contributed by atoms with Crippen molar-refractivity contribution in [2.45, 2.75) is 25.3 Å². The highest BCUT2D eigenvalue weighted by Crippen LogP contribution is 2.30. The quantitative estimate of drug-likeness (QED) is 0.941. The van der Waals surface area contributed by atoms with Gasteiger partial charge < -0.3 is 10.0 Å². The van der Waals surface area contributed by atoms with Gasteiger partial charge in [-0.15, -0.1) is 11.3 Å². The van der Waals surface area contributed by atoms with Gasteiger partial charge in [-0.2, -0.15) is 0 Å². The molecule has 0 spiro atoms. The van der Waals surface area contributed by atoms with Crippen LogP contribution >= 0.6 is 11.3 Å². The van der Waals surface area contributed by atoms with Crippen LogP contribution in [0.15, 0.2) is 24.3 Å². The van der Waals surface area contributed by atoms with E-state index in [4.69, 9.17) is 5.11 Å². The molecule has 20 heavy (non-hydrogen) atoms. The Hall–Kier alpha value is -1.46. The summed E-state index contributed by atoms with van der Waals surface area (Å²) in [5.74, 6) is -0.342. The molecular formula is C15H16FNO2S. The van der Waals surface area contributed by atoms with E-state index < -0.39 is 0 Å². The fourth-order valence-electron chi connectivity index (χ4n) is 2.52. The largest absolute Gasteiger partial charge is 0.395 e. The van der Waals surface area contributed by atoms with Crippen molar-refractivity contribution in [1.82, 2.24) is 4.90 Å². The zero-order chi connectivity index (χ0) is 14.1. The summed E-state index contributed by atoms with van der Waals surface area (Å²) in [6.45, 7) is 0.341. The Morgan fingerprint density at radius 3 is 2.85 bits per heavy atom. The van der Waals surface area contributed by atoms with Crippen molar-refractivity contribution < 1.29 is 14.3 Å². The molecule has 0 saturated heterocycles. The molecule has 1 heterocycles. The van der Waals surface area contributed by atoms with Crippen molar-refractivity contribution in [3.8, 4) is 0 Å². The molecule has 0 bridgehead atoms. The third kappa shape index (κ3) is 2.43. The highest BCUT2D eigenvalue weighted by Gasteiger charge is 2.29. The Labute approximate surface area is 120 Å². The molecule has 1 amide bonds. The maximum absolute atomic E-state index is 13.2. The average molecular weight is 293 g/mol. The first-order valence-electron chi connectivity index (χ1n) is 6.80. The molecule has 1 aliphatic carbocycles. The zero-order valence-electron chi connectivity index (χ0n) is 11.0. The average Bonchev–Trinajstić information content (AvgIpc) is 2.78. The first kappa shape index (κ1) is 13.5. The summed E-state index contributed by atoms with van der Waals surface area (Å²) in [5, 5.41) is 9.90. The van der Waals surface area contributed by atoms with Gasteiger partial charge in [0, 0.05) is 17.3 Å². The summed E-state index contributed by atoms with van der Waals surface area (Å²) in [6, 6.07) is 6.55. The molecule has 1 aromatic carbocycles. The van der Waals surface area contributed by atoms with E-state index in [1.54, 1.807) is 17.0 Å². The van der Waals surface area contributed by atoms with Gasteiger partial charge in [-0.1, -0.05) is 0 Å². The van der Waals surface area contributed by atoms with Crippen LogP contribution in [0.2, 0.25) is 0 Å². The minimum atomic E-state index is -0.291. The van der Waals surface area contributed by atoms with Gasteiger partial charge in [0.15, 0.2) is 0 Å². The van der Waals surface area contributed by atoms with Crippen LogP contribution in [0.25, 0.3) is 10.1 Å². The minimum Gasteiger partial charge on any atom is -0.395 e. The minimum absolute atomic E-state index is 0.0260. The number of aliphatic hydroxyl groups excluding tert-OH is 1. The van der Waals surface area contributed by atoms with Gasteiger partial charge in [0.05, 0.1) is 11.5 Å². The van der Waals surface area contributed by atoms with Crippen LogP contribution in [0.4, 0.5) is 4.39 Å². The zero-order valence-corrected chi connectivity index (χ0v) is 11.8. The predicted octanol–water partition coefficient (Wildman–Crippen LogP) is 3.03. The standard InChI is InChI=1S/C15H16FNO2S/c16-11-4-5-13-10(8-11)9-14(20-13)15(19)17(6-7-18)12-2-1-3-12/h4-5,8-9,12,18H,1-3,6-7H2. The van der Waals surface area contributed by atoms with Crippen molar-refractivity contribution in [3.05, 3.63) is 35.0 Å². The maximum Gasteiger partial charge on any atom is 0.264 e. The second-order valence-corrected chi connectivity index (χ2v) is 6.18. The van der Waals surface area contributed by atoms with Crippen molar-refractivity contribution in [3.63, 3.8) is 0 Å². The molecule has 0 radical (unpaired) electrons. The van der Waals surface area contributed by atoms with E-state index >= 15 is 0 Å². The highest BCUT2D eigenvalue weighted by atomic mass is 32.1. The van der Waals surface area contributed by atoms with Crippen LogP contribution in [-0.4, -0.2) is 35.1 Å². The van der Waals surface area contributed by atoms with Gasteiger partial charge in [-0.3, -0.25) is 4.79 Å². The Kier molecular flexibility index (Phi) is 3.72. The molecular weight excluding hydrogens is 277 g/mol. The molecule has 2 aromatic rings. The van der Waals surface area contributed by atoms with E-state index in [1.807, 2.05) is 0 Å². The first-order valence-corrected chi connectivity index (χ1v) is 7.61. The second-order valence-electron chi connectivity index (χ2n) is 5.10. The lowest BCUT2D eigenvalue weighted by Gasteiger charge is -2.37. The van der Waals surface area contributed by atoms with E-state index in [2.05, 4.69) is 0 Å². The Bertz CT molecular complexity index is 636. The van der Waals surface area contributed by atoms with Crippen LogP contribution < -0.4 is 0 Å². The summed E-state index contributed by atoms with van der Waals surface area (Å²) in [5.41, 5.74) is 0. The van der Waals surface area contributed by atoms with Crippen LogP contribution in [-0.2, 0) is 0 Å². The van der Waals surface area contributed by atoms with Gasteiger partial charge >= 0.3 is 0 Å². The normalized spacial score (nSPS) is 15.3. The summed E-state index contributed by atoms with van der Waals surface area (Å²) in [7, 11) is 0. The number of carbonyl (C=O) groups excluding carboxylic acids is 1. The number of amides is 1. The third-order valence-electron chi connectivity index (χ3n) is 3.81. The molecule has 1 aromatic heterocycles. The first-order chi connectivity index (χ1) is 9.69. The van der Waals surface area contributed by atoms with Gasteiger partial charge in [-0.05, 0) is 48.9 Å². The van der Waals surface area contributed by atoms with E-state index in [1.165, 1.54) is 23.5 Å². The van der Waals surface area contributed by atoms with Crippen molar-refractivity contribution in [1.29, 1.82) is 0 Å². The topological polar surface area (TPSA) is 40.5 Å². The molecule has 1 N–H and O–H groups in total. The molecule has 0 atom stereocenters. The van der Waals surface area contributed by atoms with Crippen LogP contribution in [0, 0.1) is 5.82 Å². The van der Waals surface area contributed by atoms with Gasteiger partial charge in [0.25, 0.3) is 5.91 Å². The number of thiophene rings is 1. The Morgan fingerprint density at radius 2 is 2.20 bits per heavy atom. The fourth-order valence-corrected chi connectivity index (χ4v) is 3.52. The molecule has 1 saturated carbocycles. The lowest BCUT2D eigenvalue weighted by Crippen LogP contribution is -2.45. The molecule has 1 fully saturated rings. The molecule has 3 nitrogen and oxygen atoms in total. The lowest BCUT2D eigenvalue weighted by atomic mass is 9.91. The number of hydrogen-bond acceptors (Lipinski definition) is 3. The fraction of sp³-hybridized carbons (Fsp3) is 0.400. The maximum atomic E-state index is 13.2. The number of rotatable bonds is 4. The monoisotopic (exact) mass is 293 g/mol. The lowest BCUT2D eigenvalue weighted by molar-refractivity contribution is 0.0531. The van der Waals surface area contributed by atoms with Crippen molar-refractivity contribution in [2.24, 2.45) is 0 Å². The Morgan fingerprint density at radius 1 is 1.40 bits per heavy atom. The summed E-state index contributed by atoms with van der Waals surface area (Å²) >= 11 is 1.38. The van der Waals surface area contributed by atoms with E-state index in [-0.39, 0.29) is 24.4 Å². The number of carbonyl (C=O) groups is 1. The molecule has 1 aliphatic rings. The second kappa shape index (κ2) is 5.50. The number of benzene rings is 1. The van der Waals surface area contributed by atoms with Crippen molar-refractivity contribution >= 4 is 27.3 Å². The van der Waals surface area contributed by atoms with E-state index in [0.717, 1.165) is 29.3 Å². The molecule has 3 rings (SSSR count). The number of aliphatic hydroxyl groups is 1. The summed E-state index contributed by atoms with van der Waals surface area (Å²) in [4.78, 5) is 14.9. The molecule has 5 heteroatoms. The Balaban J connectivity index is 1.89. The number of halogens is 1. The molecule has 106 valence electrons. The number of fused-ring (bicyclic) bond motifs is 1. The van der Waals surface area contributed by atoms with E-state index in [9.17, 15) is 9.18 Å². The van der Waals surface area contributed by atoms with Crippen LogP contribution in [0.5, 0.6) is 0 Å².